The van der Waals surface area contributed by atoms with Gasteiger partial charge in [-0.15, -0.1) is 0 Å². The minimum Gasteiger partial charge on any atom is -0.481 e. The molecule has 2 heterocycles. The van der Waals surface area contributed by atoms with E-state index in [-0.39, 0.29) is 30.8 Å². The van der Waals surface area contributed by atoms with Crippen molar-refractivity contribution in [2.75, 3.05) is 32.8 Å². The van der Waals surface area contributed by atoms with Crippen LogP contribution in [0.2, 0.25) is 0 Å². The van der Waals surface area contributed by atoms with Crippen molar-refractivity contribution in [1.82, 2.24) is 9.80 Å². The predicted molar refractivity (Wildman–Crippen MR) is 98.1 cm³/mol. The van der Waals surface area contributed by atoms with Crippen LogP contribution in [0, 0.1) is 5.82 Å². The number of benzene rings is 1. The van der Waals surface area contributed by atoms with Gasteiger partial charge in [0.15, 0.2) is 0 Å². The third-order valence-corrected chi connectivity index (χ3v) is 5.31. The molecular formula is C20H25FN2O5. The summed E-state index contributed by atoms with van der Waals surface area (Å²) >= 11 is 0. The summed E-state index contributed by atoms with van der Waals surface area (Å²) in [6.45, 7) is 2.29. The average Bonchev–Trinajstić information content (AvgIpc) is 3.21. The predicted octanol–water partition coefficient (Wildman–Crippen LogP) is 1.62. The molecule has 28 heavy (non-hydrogen) atoms. The van der Waals surface area contributed by atoms with Gasteiger partial charge in [0.05, 0.1) is 6.42 Å². The summed E-state index contributed by atoms with van der Waals surface area (Å²) in [5.41, 5.74) is 0.503. The van der Waals surface area contributed by atoms with Gasteiger partial charge in [0, 0.05) is 45.1 Å². The number of carboxylic acids is 1. The zero-order valence-electron chi connectivity index (χ0n) is 15.7. The van der Waals surface area contributed by atoms with Crippen molar-refractivity contribution < 1.29 is 28.6 Å². The summed E-state index contributed by atoms with van der Waals surface area (Å²) in [5.74, 6) is -2.28. The number of ether oxygens (including phenoxy) is 1. The number of carbonyl (C=O) groups is 3. The standard InChI is InChI=1S/C20H25FN2O5/c21-16-4-1-3-14(11-16)15(13-19(25)26)12-18(24)22-6-8-23(9-7-22)20(27)17-5-2-10-28-17/h1,3-4,11,15,17H,2,5-10,12-13H2,(H,25,26). The lowest BCUT2D eigenvalue weighted by Crippen LogP contribution is -2.53. The first-order valence-corrected chi connectivity index (χ1v) is 9.59. The van der Waals surface area contributed by atoms with Gasteiger partial charge in [-0.3, -0.25) is 14.4 Å². The van der Waals surface area contributed by atoms with Gasteiger partial charge in [-0.05, 0) is 30.5 Å². The Morgan fingerprint density at radius 3 is 2.46 bits per heavy atom. The molecule has 2 aliphatic rings. The average molecular weight is 392 g/mol. The molecule has 0 spiro atoms. The van der Waals surface area contributed by atoms with Crippen LogP contribution in [0.15, 0.2) is 24.3 Å². The molecule has 2 unspecified atom stereocenters. The van der Waals surface area contributed by atoms with E-state index in [4.69, 9.17) is 9.84 Å². The van der Waals surface area contributed by atoms with E-state index in [1.165, 1.54) is 18.2 Å². The number of nitrogens with zero attached hydrogens (tertiary/aromatic N) is 2. The van der Waals surface area contributed by atoms with Crippen molar-refractivity contribution in [3.05, 3.63) is 35.6 Å². The van der Waals surface area contributed by atoms with Crippen LogP contribution in [0.5, 0.6) is 0 Å². The highest BCUT2D eigenvalue weighted by atomic mass is 19.1. The van der Waals surface area contributed by atoms with E-state index in [0.29, 0.717) is 38.3 Å². The normalized spacial score (nSPS) is 20.8. The fraction of sp³-hybridized carbons (Fsp3) is 0.550. The minimum atomic E-state index is -1.03. The number of rotatable bonds is 6. The molecule has 2 saturated heterocycles. The van der Waals surface area contributed by atoms with Gasteiger partial charge >= 0.3 is 5.97 Å². The van der Waals surface area contributed by atoms with Crippen LogP contribution in [0.3, 0.4) is 0 Å². The largest absolute Gasteiger partial charge is 0.481 e. The summed E-state index contributed by atoms with van der Waals surface area (Å²) in [7, 11) is 0. The minimum absolute atomic E-state index is 0.00453. The molecule has 1 N–H and O–H groups in total. The number of hydrogen-bond donors (Lipinski definition) is 1. The Hall–Kier alpha value is -2.48. The summed E-state index contributed by atoms with van der Waals surface area (Å²) < 4.78 is 18.9. The maximum atomic E-state index is 13.5. The molecule has 0 saturated carbocycles. The van der Waals surface area contributed by atoms with E-state index in [0.717, 1.165) is 12.8 Å². The molecule has 2 fully saturated rings. The molecule has 0 aromatic heterocycles. The maximum Gasteiger partial charge on any atom is 0.303 e. The van der Waals surface area contributed by atoms with Gasteiger partial charge in [0.1, 0.15) is 11.9 Å². The number of hydrogen-bond acceptors (Lipinski definition) is 4. The molecule has 152 valence electrons. The Balaban J connectivity index is 1.57. The van der Waals surface area contributed by atoms with Gasteiger partial charge in [-0.1, -0.05) is 12.1 Å². The third-order valence-electron chi connectivity index (χ3n) is 5.31. The van der Waals surface area contributed by atoms with Crippen molar-refractivity contribution in [2.45, 2.75) is 37.7 Å². The molecule has 1 aromatic rings. The Morgan fingerprint density at radius 1 is 1.14 bits per heavy atom. The highest BCUT2D eigenvalue weighted by Gasteiger charge is 2.32. The van der Waals surface area contributed by atoms with E-state index in [1.54, 1.807) is 15.9 Å². The molecule has 0 bridgehead atoms. The second-order valence-electron chi connectivity index (χ2n) is 7.26. The lowest BCUT2D eigenvalue weighted by atomic mass is 9.91. The van der Waals surface area contributed by atoms with Crippen LogP contribution < -0.4 is 0 Å². The number of piperazine rings is 1. The van der Waals surface area contributed by atoms with Gasteiger partial charge in [0.25, 0.3) is 5.91 Å². The van der Waals surface area contributed by atoms with E-state index in [1.807, 2.05) is 0 Å². The quantitative estimate of drug-likeness (QED) is 0.795. The van der Waals surface area contributed by atoms with Gasteiger partial charge < -0.3 is 19.6 Å². The van der Waals surface area contributed by atoms with E-state index < -0.39 is 17.7 Å². The highest BCUT2D eigenvalue weighted by Crippen LogP contribution is 2.26. The van der Waals surface area contributed by atoms with Crippen molar-refractivity contribution in [3.8, 4) is 0 Å². The van der Waals surface area contributed by atoms with Crippen molar-refractivity contribution in [1.29, 1.82) is 0 Å². The van der Waals surface area contributed by atoms with Crippen molar-refractivity contribution in [2.24, 2.45) is 0 Å². The number of carboxylic acid groups (broad SMARTS) is 1. The van der Waals surface area contributed by atoms with Crippen LogP contribution in [-0.4, -0.2) is 71.6 Å². The molecule has 0 aliphatic carbocycles. The summed E-state index contributed by atoms with van der Waals surface area (Å²) in [6, 6.07) is 5.72. The molecule has 2 atom stereocenters. The summed E-state index contributed by atoms with van der Waals surface area (Å²) in [5, 5.41) is 9.16. The molecule has 1 aromatic carbocycles. The van der Waals surface area contributed by atoms with Crippen LogP contribution >= 0.6 is 0 Å². The van der Waals surface area contributed by atoms with Crippen molar-refractivity contribution in [3.63, 3.8) is 0 Å². The highest BCUT2D eigenvalue weighted by molar-refractivity contribution is 5.82. The topological polar surface area (TPSA) is 87.2 Å². The van der Waals surface area contributed by atoms with Crippen LogP contribution in [-0.2, 0) is 19.1 Å². The number of aliphatic carboxylic acids is 1. The smallest absolute Gasteiger partial charge is 0.303 e. The van der Waals surface area contributed by atoms with Gasteiger partial charge in [0.2, 0.25) is 5.91 Å². The Kier molecular flexibility index (Phi) is 6.61. The number of carbonyl (C=O) groups excluding carboxylic acids is 2. The Bertz CT molecular complexity index is 727. The number of halogens is 1. The Morgan fingerprint density at radius 2 is 1.86 bits per heavy atom. The lowest BCUT2D eigenvalue weighted by Gasteiger charge is -2.36. The first kappa shape index (κ1) is 20.3. The zero-order valence-corrected chi connectivity index (χ0v) is 15.7. The lowest BCUT2D eigenvalue weighted by molar-refractivity contribution is -0.146. The maximum absolute atomic E-state index is 13.5. The van der Waals surface area contributed by atoms with Crippen LogP contribution in [0.1, 0.15) is 37.2 Å². The van der Waals surface area contributed by atoms with Crippen LogP contribution in [0.4, 0.5) is 4.39 Å². The summed E-state index contributed by atoms with van der Waals surface area (Å²) in [4.78, 5) is 39.6. The monoisotopic (exact) mass is 392 g/mol. The summed E-state index contributed by atoms with van der Waals surface area (Å²) in [6.07, 6.45) is 1.01. The number of amides is 2. The molecular weight excluding hydrogens is 367 g/mol. The van der Waals surface area contributed by atoms with Crippen LogP contribution in [0.25, 0.3) is 0 Å². The van der Waals surface area contributed by atoms with Crippen molar-refractivity contribution >= 4 is 17.8 Å². The second-order valence-corrected chi connectivity index (χ2v) is 7.26. The SMILES string of the molecule is O=C(O)CC(CC(=O)N1CCN(C(=O)C2CCCO2)CC1)c1cccc(F)c1. The molecule has 7 nitrogen and oxygen atoms in total. The fourth-order valence-electron chi connectivity index (χ4n) is 3.77. The first-order valence-electron chi connectivity index (χ1n) is 9.59. The van der Waals surface area contributed by atoms with E-state index >= 15 is 0 Å². The third kappa shape index (κ3) is 5.07. The second kappa shape index (κ2) is 9.14. The van der Waals surface area contributed by atoms with E-state index in [2.05, 4.69) is 0 Å². The molecule has 2 aliphatic heterocycles. The first-order chi connectivity index (χ1) is 13.4. The zero-order chi connectivity index (χ0) is 20.1. The fourth-order valence-corrected chi connectivity index (χ4v) is 3.77. The molecule has 8 heteroatoms. The molecule has 3 rings (SSSR count). The Labute approximate surface area is 163 Å². The van der Waals surface area contributed by atoms with Gasteiger partial charge in [-0.2, -0.15) is 0 Å². The molecule has 0 radical (unpaired) electrons. The van der Waals surface area contributed by atoms with Gasteiger partial charge in [-0.25, -0.2) is 4.39 Å². The van der Waals surface area contributed by atoms with E-state index in [9.17, 15) is 18.8 Å². The molecule has 2 amide bonds.